The van der Waals surface area contributed by atoms with Crippen molar-refractivity contribution in [2.75, 3.05) is 0 Å². The summed E-state index contributed by atoms with van der Waals surface area (Å²) in [5.74, 6) is 0. The summed E-state index contributed by atoms with van der Waals surface area (Å²) in [7, 11) is 0. The molecule has 0 aliphatic rings. The third-order valence-corrected chi connectivity index (χ3v) is 3.19. The minimum Gasteiger partial charge on any atom is -0.317 e. The molecule has 0 atom stereocenters. The van der Waals surface area contributed by atoms with E-state index >= 15 is 0 Å². The van der Waals surface area contributed by atoms with Crippen LogP contribution in [0.5, 0.6) is 0 Å². The van der Waals surface area contributed by atoms with E-state index in [1.165, 1.54) is 16.7 Å². The molecule has 2 aromatic carbocycles. The number of rotatable bonds is 3. The largest absolute Gasteiger partial charge is 0.317 e. The van der Waals surface area contributed by atoms with Crippen molar-refractivity contribution in [3.63, 3.8) is 0 Å². The molecule has 1 heterocycles. The predicted octanol–water partition coefficient (Wildman–Crippen LogP) is 3.71. The van der Waals surface area contributed by atoms with E-state index in [0.717, 1.165) is 12.2 Å². The van der Waals surface area contributed by atoms with Gasteiger partial charge in [0, 0.05) is 6.54 Å². The lowest BCUT2D eigenvalue weighted by atomic mass is 10.1. The highest BCUT2D eigenvalue weighted by Crippen LogP contribution is 2.20. The van der Waals surface area contributed by atoms with Gasteiger partial charge in [-0.05, 0) is 18.1 Å². The molecule has 1 radical (unpaired) electrons. The summed E-state index contributed by atoms with van der Waals surface area (Å²) in [6, 6.07) is 18.9. The normalized spacial score (nSPS) is 10.6. The summed E-state index contributed by atoms with van der Waals surface area (Å²) in [5, 5.41) is 0. The van der Waals surface area contributed by atoms with Crippen molar-refractivity contribution in [3.05, 3.63) is 78.2 Å². The van der Waals surface area contributed by atoms with Crippen LogP contribution in [-0.4, -0.2) is 9.55 Å². The van der Waals surface area contributed by atoms with Crippen LogP contribution in [0.4, 0.5) is 0 Å². The number of benzene rings is 2. The van der Waals surface area contributed by atoms with Gasteiger partial charge in [0.15, 0.2) is 6.33 Å². The van der Waals surface area contributed by atoms with Crippen molar-refractivity contribution in [2.45, 2.75) is 13.5 Å². The summed E-state index contributed by atoms with van der Waals surface area (Å²) in [6.07, 6.45) is 4.90. The Kier molecular flexibility index (Phi) is 3.15. The zero-order chi connectivity index (χ0) is 13.1. The van der Waals surface area contributed by atoms with Gasteiger partial charge in [-0.3, -0.25) is 0 Å². The topological polar surface area (TPSA) is 17.8 Å². The Morgan fingerprint density at radius 1 is 1.00 bits per heavy atom. The zero-order valence-electron chi connectivity index (χ0n) is 10.9. The molecule has 93 valence electrons. The van der Waals surface area contributed by atoms with Crippen LogP contribution in [0.1, 0.15) is 11.1 Å². The average molecular weight is 247 g/mol. The summed E-state index contributed by atoms with van der Waals surface area (Å²) in [5.41, 5.74) is 4.80. The molecule has 0 bridgehead atoms. The summed E-state index contributed by atoms with van der Waals surface area (Å²) in [4.78, 5) is 4.16. The van der Waals surface area contributed by atoms with Crippen LogP contribution < -0.4 is 0 Å². The van der Waals surface area contributed by atoms with Crippen LogP contribution >= 0.6 is 0 Å². The van der Waals surface area contributed by atoms with E-state index in [2.05, 4.69) is 71.3 Å². The number of hydrogen-bond acceptors (Lipinski definition) is 1. The maximum Gasteiger partial charge on any atom is 0.177 e. The summed E-state index contributed by atoms with van der Waals surface area (Å²) < 4.78 is 2.06. The second-order valence-corrected chi connectivity index (χ2v) is 4.68. The second kappa shape index (κ2) is 5.11. The van der Waals surface area contributed by atoms with E-state index in [0.29, 0.717) is 0 Å². The van der Waals surface area contributed by atoms with E-state index in [-0.39, 0.29) is 0 Å². The smallest absolute Gasteiger partial charge is 0.177 e. The minimum absolute atomic E-state index is 0.796. The van der Waals surface area contributed by atoms with Gasteiger partial charge < -0.3 is 4.57 Å². The monoisotopic (exact) mass is 247 g/mol. The van der Waals surface area contributed by atoms with E-state index in [4.69, 9.17) is 0 Å². The first-order valence-corrected chi connectivity index (χ1v) is 6.37. The fourth-order valence-corrected chi connectivity index (χ4v) is 2.12. The molecule has 0 unspecified atom stereocenters. The lowest BCUT2D eigenvalue weighted by molar-refractivity contribution is 0.797. The maximum absolute atomic E-state index is 4.16. The molecule has 3 aromatic rings. The lowest BCUT2D eigenvalue weighted by Crippen LogP contribution is -2.00. The molecule has 0 saturated carbocycles. The highest BCUT2D eigenvalue weighted by Gasteiger charge is 2.05. The van der Waals surface area contributed by atoms with Crippen molar-refractivity contribution in [2.24, 2.45) is 0 Å². The highest BCUT2D eigenvalue weighted by atomic mass is 15.0. The van der Waals surface area contributed by atoms with E-state index in [1.807, 2.05) is 12.3 Å². The SMILES string of the molecule is Cc1ccc(-c2cn[c]n2Cc2ccccc2)cc1. The maximum atomic E-state index is 4.16. The van der Waals surface area contributed by atoms with Crippen LogP contribution in [-0.2, 0) is 6.54 Å². The molecule has 0 fully saturated rings. The standard InChI is InChI=1S/C17H15N2/c1-14-7-9-16(10-8-14)17-11-18-13-19(17)12-15-5-3-2-4-6-15/h2-11H,12H2,1H3. The summed E-state index contributed by atoms with van der Waals surface area (Å²) in [6.45, 7) is 2.89. The number of aryl methyl sites for hydroxylation is 1. The van der Waals surface area contributed by atoms with Gasteiger partial charge in [-0.2, -0.15) is 0 Å². The fourth-order valence-electron chi connectivity index (χ4n) is 2.12. The Labute approximate surface area is 113 Å². The predicted molar refractivity (Wildman–Crippen MR) is 76.8 cm³/mol. The van der Waals surface area contributed by atoms with Crippen molar-refractivity contribution in [3.8, 4) is 11.3 Å². The molecule has 0 aliphatic carbocycles. The molecular formula is C17H15N2. The molecule has 2 heteroatoms. The van der Waals surface area contributed by atoms with Gasteiger partial charge in [-0.25, -0.2) is 4.98 Å². The van der Waals surface area contributed by atoms with Crippen LogP contribution in [0.25, 0.3) is 11.3 Å². The second-order valence-electron chi connectivity index (χ2n) is 4.68. The zero-order valence-corrected chi connectivity index (χ0v) is 10.9. The van der Waals surface area contributed by atoms with Crippen LogP contribution in [0.3, 0.4) is 0 Å². The highest BCUT2D eigenvalue weighted by molar-refractivity contribution is 5.59. The van der Waals surface area contributed by atoms with E-state index < -0.39 is 0 Å². The third kappa shape index (κ3) is 2.58. The van der Waals surface area contributed by atoms with Gasteiger partial charge in [0.25, 0.3) is 0 Å². The number of aromatic nitrogens is 2. The number of hydrogen-bond donors (Lipinski definition) is 0. The van der Waals surface area contributed by atoms with Crippen molar-refractivity contribution in [1.82, 2.24) is 9.55 Å². The van der Waals surface area contributed by atoms with Gasteiger partial charge in [0.2, 0.25) is 0 Å². The Balaban J connectivity index is 1.92. The van der Waals surface area contributed by atoms with Crippen molar-refractivity contribution >= 4 is 0 Å². The van der Waals surface area contributed by atoms with Crippen molar-refractivity contribution in [1.29, 1.82) is 0 Å². The molecule has 0 N–H and O–H groups in total. The number of imidazole rings is 1. The average Bonchev–Trinajstić information content (AvgIpc) is 2.89. The molecule has 19 heavy (non-hydrogen) atoms. The summed E-state index contributed by atoms with van der Waals surface area (Å²) >= 11 is 0. The first-order valence-electron chi connectivity index (χ1n) is 6.37. The molecule has 0 spiro atoms. The fraction of sp³-hybridized carbons (Fsp3) is 0.118. The van der Waals surface area contributed by atoms with Crippen LogP contribution in [0, 0.1) is 13.3 Å². The van der Waals surface area contributed by atoms with Crippen LogP contribution in [0.2, 0.25) is 0 Å². The Morgan fingerprint density at radius 3 is 2.47 bits per heavy atom. The van der Waals surface area contributed by atoms with Crippen LogP contribution in [0.15, 0.2) is 60.8 Å². The Hall–Kier alpha value is -2.35. The quantitative estimate of drug-likeness (QED) is 0.690. The van der Waals surface area contributed by atoms with E-state index in [1.54, 1.807) is 0 Å². The lowest BCUT2D eigenvalue weighted by Gasteiger charge is -2.08. The first-order chi connectivity index (χ1) is 9.33. The molecule has 0 amide bonds. The van der Waals surface area contributed by atoms with Gasteiger partial charge in [0.1, 0.15) is 0 Å². The Bertz CT molecular complexity index is 651. The van der Waals surface area contributed by atoms with Gasteiger partial charge >= 0.3 is 0 Å². The van der Waals surface area contributed by atoms with Crippen molar-refractivity contribution < 1.29 is 0 Å². The van der Waals surface area contributed by atoms with Gasteiger partial charge in [-0.1, -0.05) is 60.2 Å². The molecule has 2 nitrogen and oxygen atoms in total. The third-order valence-electron chi connectivity index (χ3n) is 3.19. The number of nitrogens with zero attached hydrogens (tertiary/aromatic N) is 2. The molecule has 0 saturated heterocycles. The molecule has 0 aliphatic heterocycles. The molecule has 3 rings (SSSR count). The molecule has 1 aromatic heterocycles. The van der Waals surface area contributed by atoms with Gasteiger partial charge in [-0.15, -0.1) is 0 Å². The minimum atomic E-state index is 0.796. The molecular weight excluding hydrogens is 232 g/mol. The van der Waals surface area contributed by atoms with Gasteiger partial charge in [0.05, 0.1) is 11.9 Å². The first kappa shape index (κ1) is 11.7. The Morgan fingerprint density at radius 2 is 1.74 bits per heavy atom. The van der Waals surface area contributed by atoms with E-state index in [9.17, 15) is 0 Å².